The van der Waals surface area contributed by atoms with Crippen LogP contribution < -0.4 is 10.7 Å². The first kappa shape index (κ1) is 18.8. The van der Waals surface area contributed by atoms with Crippen LogP contribution in [0.25, 0.3) is 11.1 Å². The summed E-state index contributed by atoms with van der Waals surface area (Å²) in [5.41, 5.74) is 3.14. The number of benzene rings is 2. The topological polar surface area (TPSA) is 75.8 Å². The van der Waals surface area contributed by atoms with Gasteiger partial charge in [0.1, 0.15) is 0 Å². The van der Waals surface area contributed by atoms with Crippen molar-refractivity contribution in [1.29, 1.82) is 0 Å². The van der Waals surface area contributed by atoms with Crippen LogP contribution in [0, 0.1) is 6.92 Å². The van der Waals surface area contributed by atoms with Gasteiger partial charge in [0.2, 0.25) is 10.0 Å². The molecule has 1 aromatic heterocycles. The Bertz CT molecular complexity index is 1200. The first-order valence-corrected chi connectivity index (χ1v) is 10.6. The minimum atomic E-state index is -3.67. The van der Waals surface area contributed by atoms with Gasteiger partial charge in [0.15, 0.2) is 5.58 Å². The smallest absolute Gasteiger partial charge is 0.408 e. The Morgan fingerprint density at radius 1 is 1.11 bits per heavy atom. The van der Waals surface area contributed by atoms with Crippen LogP contribution in [-0.2, 0) is 17.1 Å². The van der Waals surface area contributed by atoms with Crippen molar-refractivity contribution in [2.75, 3.05) is 24.5 Å². The molecule has 1 aliphatic rings. The summed E-state index contributed by atoms with van der Waals surface area (Å²) in [6.45, 7) is 5.49. The van der Waals surface area contributed by atoms with Crippen molar-refractivity contribution in [3.05, 3.63) is 58.6 Å². The molecular formula is C20H23N3O4S. The quantitative estimate of drug-likeness (QED) is 0.673. The van der Waals surface area contributed by atoms with Gasteiger partial charge in [-0.05, 0) is 43.7 Å². The van der Waals surface area contributed by atoms with Crippen molar-refractivity contribution in [3.8, 4) is 0 Å². The summed E-state index contributed by atoms with van der Waals surface area (Å²) in [6.07, 6.45) is 0. The van der Waals surface area contributed by atoms with Gasteiger partial charge in [-0.2, -0.15) is 4.31 Å². The number of hydrogen-bond acceptors (Lipinski definition) is 5. The van der Waals surface area contributed by atoms with E-state index in [2.05, 4.69) is 17.0 Å². The molecule has 1 atom stereocenters. The molecule has 7 nitrogen and oxygen atoms in total. The van der Waals surface area contributed by atoms with Crippen LogP contribution in [0.15, 0.2) is 56.6 Å². The zero-order valence-electron chi connectivity index (χ0n) is 16.1. The number of rotatable bonds is 3. The predicted octanol–water partition coefficient (Wildman–Crippen LogP) is 2.34. The number of hydrogen-bond donors (Lipinski definition) is 0. The molecule has 28 heavy (non-hydrogen) atoms. The van der Waals surface area contributed by atoms with E-state index >= 15 is 0 Å². The molecule has 0 spiro atoms. The van der Waals surface area contributed by atoms with Gasteiger partial charge in [-0.1, -0.05) is 12.1 Å². The van der Waals surface area contributed by atoms with Crippen LogP contribution in [0.3, 0.4) is 0 Å². The first-order valence-electron chi connectivity index (χ1n) is 9.20. The van der Waals surface area contributed by atoms with E-state index in [1.165, 1.54) is 26.6 Å². The number of fused-ring (bicyclic) bond motifs is 1. The number of nitrogens with zero attached hydrogens (tertiary/aromatic N) is 3. The molecule has 1 saturated heterocycles. The van der Waals surface area contributed by atoms with Gasteiger partial charge < -0.3 is 9.32 Å². The van der Waals surface area contributed by atoms with E-state index in [-0.39, 0.29) is 16.5 Å². The van der Waals surface area contributed by atoms with Gasteiger partial charge in [0, 0.05) is 44.5 Å². The van der Waals surface area contributed by atoms with Crippen molar-refractivity contribution >= 4 is 26.8 Å². The number of piperazine rings is 1. The monoisotopic (exact) mass is 401 g/mol. The molecule has 0 N–H and O–H groups in total. The highest BCUT2D eigenvalue weighted by Gasteiger charge is 2.32. The highest BCUT2D eigenvalue weighted by atomic mass is 32.2. The van der Waals surface area contributed by atoms with Crippen LogP contribution in [0.5, 0.6) is 0 Å². The summed E-state index contributed by atoms with van der Waals surface area (Å²) in [6, 6.07) is 12.9. The number of aromatic nitrogens is 1. The third-order valence-corrected chi connectivity index (χ3v) is 7.19. The molecule has 148 valence electrons. The fourth-order valence-electron chi connectivity index (χ4n) is 3.76. The van der Waals surface area contributed by atoms with Crippen LogP contribution in [-0.4, -0.2) is 43.0 Å². The standard InChI is InChI=1S/C20H23N3O4S/c1-14-5-4-6-16(11-14)23-10-9-22(13-15(23)2)28(25,26)17-7-8-18-19(12-17)27-20(24)21(18)3/h4-8,11-12,15H,9-10,13H2,1-3H3/t15-/m0/s1. The van der Waals surface area contributed by atoms with E-state index in [0.717, 1.165) is 5.69 Å². The molecule has 0 saturated carbocycles. The molecule has 8 heteroatoms. The summed E-state index contributed by atoms with van der Waals surface area (Å²) in [4.78, 5) is 14.0. The number of aryl methyl sites for hydroxylation is 2. The van der Waals surface area contributed by atoms with Gasteiger partial charge in [-0.15, -0.1) is 0 Å². The van der Waals surface area contributed by atoms with Gasteiger partial charge in [0.05, 0.1) is 10.4 Å². The Labute approximate surface area is 163 Å². The summed E-state index contributed by atoms with van der Waals surface area (Å²) in [5.74, 6) is -0.509. The summed E-state index contributed by atoms with van der Waals surface area (Å²) >= 11 is 0. The highest BCUT2D eigenvalue weighted by Crippen LogP contribution is 2.26. The van der Waals surface area contributed by atoms with Gasteiger partial charge >= 0.3 is 5.76 Å². The van der Waals surface area contributed by atoms with Gasteiger partial charge in [-0.25, -0.2) is 13.2 Å². The van der Waals surface area contributed by atoms with Crippen molar-refractivity contribution in [3.63, 3.8) is 0 Å². The molecule has 1 aliphatic heterocycles. The molecule has 0 radical (unpaired) electrons. The van der Waals surface area contributed by atoms with E-state index in [0.29, 0.717) is 25.2 Å². The second-order valence-electron chi connectivity index (χ2n) is 7.30. The minimum absolute atomic E-state index is 0.0451. The third-order valence-electron chi connectivity index (χ3n) is 5.33. The molecule has 0 aliphatic carbocycles. The second kappa shape index (κ2) is 6.79. The van der Waals surface area contributed by atoms with E-state index in [9.17, 15) is 13.2 Å². The molecule has 2 aromatic carbocycles. The van der Waals surface area contributed by atoms with Gasteiger partial charge in [-0.3, -0.25) is 4.57 Å². The van der Waals surface area contributed by atoms with Crippen molar-refractivity contribution in [1.82, 2.24) is 8.87 Å². The zero-order chi connectivity index (χ0) is 20.1. The fraction of sp³-hybridized carbons (Fsp3) is 0.350. The van der Waals surface area contributed by atoms with Crippen molar-refractivity contribution in [2.45, 2.75) is 24.8 Å². The number of sulfonamides is 1. The van der Waals surface area contributed by atoms with Crippen LogP contribution in [0.4, 0.5) is 5.69 Å². The Kier molecular flexibility index (Phi) is 4.55. The lowest BCUT2D eigenvalue weighted by molar-refractivity contribution is 0.342. The predicted molar refractivity (Wildman–Crippen MR) is 108 cm³/mol. The SMILES string of the molecule is Cc1cccc(N2CCN(S(=O)(=O)c3ccc4c(c3)oc(=O)n4C)C[C@@H]2C)c1. The maximum atomic E-state index is 13.1. The Morgan fingerprint density at radius 2 is 1.89 bits per heavy atom. The third kappa shape index (κ3) is 3.12. The van der Waals surface area contributed by atoms with Crippen molar-refractivity contribution in [2.24, 2.45) is 7.05 Å². The molecule has 1 fully saturated rings. The Balaban J connectivity index is 1.60. The molecule has 4 rings (SSSR count). The minimum Gasteiger partial charge on any atom is -0.408 e. The average molecular weight is 401 g/mol. The molecule has 0 amide bonds. The molecule has 0 bridgehead atoms. The van der Waals surface area contributed by atoms with E-state index < -0.39 is 15.8 Å². The average Bonchev–Trinajstić information content (AvgIpc) is 2.95. The molecule has 0 unspecified atom stereocenters. The zero-order valence-corrected chi connectivity index (χ0v) is 16.9. The lowest BCUT2D eigenvalue weighted by Gasteiger charge is -2.40. The highest BCUT2D eigenvalue weighted by molar-refractivity contribution is 7.89. The molecule has 2 heterocycles. The number of anilines is 1. The summed E-state index contributed by atoms with van der Waals surface area (Å²) in [7, 11) is -2.08. The summed E-state index contributed by atoms with van der Waals surface area (Å²) < 4.78 is 34.3. The normalized spacial score (nSPS) is 18.7. The first-order chi connectivity index (χ1) is 13.3. The number of oxazole rings is 1. The van der Waals surface area contributed by atoms with Gasteiger partial charge in [0.25, 0.3) is 0 Å². The fourth-order valence-corrected chi connectivity index (χ4v) is 5.28. The lowest BCUT2D eigenvalue weighted by atomic mass is 10.1. The molecule has 3 aromatic rings. The van der Waals surface area contributed by atoms with E-state index in [1.54, 1.807) is 13.1 Å². The van der Waals surface area contributed by atoms with Crippen molar-refractivity contribution < 1.29 is 12.8 Å². The maximum Gasteiger partial charge on any atom is 0.419 e. The molecular weight excluding hydrogens is 378 g/mol. The lowest BCUT2D eigenvalue weighted by Crippen LogP contribution is -2.53. The van der Waals surface area contributed by atoms with E-state index in [4.69, 9.17) is 4.42 Å². The second-order valence-corrected chi connectivity index (χ2v) is 9.24. The Hall–Kier alpha value is -2.58. The van der Waals surface area contributed by atoms with Crippen LogP contribution in [0.1, 0.15) is 12.5 Å². The van der Waals surface area contributed by atoms with E-state index in [1.807, 2.05) is 26.0 Å². The van der Waals surface area contributed by atoms with Crippen LogP contribution >= 0.6 is 0 Å². The Morgan fingerprint density at radius 3 is 2.61 bits per heavy atom. The summed E-state index contributed by atoms with van der Waals surface area (Å²) in [5, 5.41) is 0. The largest absolute Gasteiger partial charge is 0.419 e. The maximum absolute atomic E-state index is 13.1. The van der Waals surface area contributed by atoms with Crippen LogP contribution in [0.2, 0.25) is 0 Å².